The smallest absolute Gasteiger partial charge is 0.256 e. The van der Waals surface area contributed by atoms with E-state index in [1.165, 1.54) is 12.1 Å². The molecule has 1 heterocycles. The lowest BCUT2D eigenvalue weighted by atomic mass is 10.1. The molecule has 1 atom stereocenters. The summed E-state index contributed by atoms with van der Waals surface area (Å²) in [5.74, 6) is -0.762. The van der Waals surface area contributed by atoms with Crippen LogP contribution >= 0.6 is 15.9 Å². The van der Waals surface area contributed by atoms with Gasteiger partial charge in [-0.1, -0.05) is 15.9 Å². The van der Waals surface area contributed by atoms with Gasteiger partial charge in [0.1, 0.15) is 5.82 Å². The maximum atomic E-state index is 13.9. The average Bonchev–Trinajstić information content (AvgIpc) is 3.40. The topological polar surface area (TPSA) is 52.7 Å². The predicted octanol–water partition coefficient (Wildman–Crippen LogP) is 2.01. The number of nitrogens with zero attached hydrogens (tertiary/aromatic N) is 2. The van der Waals surface area contributed by atoms with Gasteiger partial charge in [0.15, 0.2) is 0 Å². The van der Waals surface area contributed by atoms with Gasteiger partial charge < -0.3 is 10.2 Å². The fraction of sp³-hybridized carbons (Fsp3) is 0.529. The minimum absolute atomic E-state index is 0.0512. The van der Waals surface area contributed by atoms with E-state index in [1.54, 1.807) is 11.0 Å². The fourth-order valence-corrected chi connectivity index (χ4v) is 3.22. The zero-order valence-electron chi connectivity index (χ0n) is 13.6. The molecule has 0 spiro atoms. The lowest BCUT2D eigenvalue weighted by Gasteiger charge is -2.37. The van der Waals surface area contributed by atoms with Crippen LogP contribution in [0.5, 0.6) is 0 Å². The standard InChI is InChI=1S/C17H21BrFN3O2/c1-11(16(23)20-13-3-4-13)21-6-8-22(9-7-21)17(24)14-10-12(18)2-5-15(14)19/h2,5,10-11,13H,3-4,6-9H2,1H3,(H,20,23). The lowest BCUT2D eigenvalue weighted by Crippen LogP contribution is -2.55. The van der Waals surface area contributed by atoms with Gasteiger partial charge >= 0.3 is 0 Å². The van der Waals surface area contributed by atoms with Gasteiger partial charge in [0.25, 0.3) is 5.91 Å². The number of amides is 2. The Balaban J connectivity index is 1.57. The summed E-state index contributed by atoms with van der Waals surface area (Å²) >= 11 is 3.27. The van der Waals surface area contributed by atoms with E-state index in [2.05, 4.69) is 26.1 Å². The van der Waals surface area contributed by atoms with Gasteiger partial charge in [-0.3, -0.25) is 14.5 Å². The van der Waals surface area contributed by atoms with Gasteiger partial charge in [-0.15, -0.1) is 0 Å². The highest BCUT2D eigenvalue weighted by atomic mass is 79.9. The second-order valence-corrected chi connectivity index (χ2v) is 7.33. The van der Waals surface area contributed by atoms with E-state index in [0.717, 1.165) is 12.8 Å². The predicted molar refractivity (Wildman–Crippen MR) is 92.2 cm³/mol. The Morgan fingerprint density at radius 2 is 1.92 bits per heavy atom. The first kappa shape index (κ1) is 17.4. The summed E-state index contributed by atoms with van der Waals surface area (Å²) in [5, 5.41) is 3.01. The summed E-state index contributed by atoms with van der Waals surface area (Å²) < 4.78 is 14.6. The molecule has 1 unspecified atom stereocenters. The molecule has 2 aliphatic rings. The summed E-state index contributed by atoms with van der Waals surface area (Å²) in [6.45, 7) is 4.10. The Kier molecular flexibility index (Phi) is 5.20. The van der Waals surface area contributed by atoms with Crippen molar-refractivity contribution in [3.05, 3.63) is 34.1 Å². The van der Waals surface area contributed by atoms with Crippen LogP contribution in [-0.4, -0.2) is 59.9 Å². The van der Waals surface area contributed by atoms with E-state index in [0.29, 0.717) is 36.7 Å². The molecule has 7 heteroatoms. The second-order valence-electron chi connectivity index (χ2n) is 6.41. The molecule has 1 saturated heterocycles. The van der Waals surface area contributed by atoms with Crippen LogP contribution in [0.4, 0.5) is 4.39 Å². The number of nitrogens with one attached hydrogen (secondary N) is 1. The molecule has 3 rings (SSSR count). The molecule has 1 aromatic rings. The van der Waals surface area contributed by atoms with E-state index in [4.69, 9.17) is 0 Å². The number of piperazine rings is 1. The SMILES string of the molecule is CC(C(=O)NC1CC1)N1CCN(C(=O)c2cc(Br)ccc2F)CC1. The van der Waals surface area contributed by atoms with Crippen molar-refractivity contribution in [1.82, 2.24) is 15.1 Å². The first-order valence-corrected chi connectivity index (χ1v) is 9.04. The van der Waals surface area contributed by atoms with Crippen LogP contribution in [0.25, 0.3) is 0 Å². The van der Waals surface area contributed by atoms with Crippen LogP contribution in [0.15, 0.2) is 22.7 Å². The molecular weight excluding hydrogens is 377 g/mol. The molecule has 0 bridgehead atoms. The van der Waals surface area contributed by atoms with Crippen molar-refractivity contribution in [3.63, 3.8) is 0 Å². The van der Waals surface area contributed by atoms with Crippen LogP contribution in [-0.2, 0) is 4.79 Å². The second kappa shape index (κ2) is 7.19. The summed E-state index contributed by atoms with van der Waals surface area (Å²) in [5.41, 5.74) is 0.0809. The maximum absolute atomic E-state index is 13.9. The Morgan fingerprint density at radius 1 is 1.25 bits per heavy atom. The minimum atomic E-state index is -0.511. The van der Waals surface area contributed by atoms with E-state index in [1.807, 2.05) is 6.92 Å². The number of carbonyl (C=O) groups is 2. The van der Waals surface area contributed by atoms with Gasteiger partial charge in [0.2, 0.25) is 5.91 Å². The molecule has 1 N–H and O–H groups in total. The van der Waals surface area contributed by atoms with E-state index < -0.39 is 5.82 Å². The number of benzene rings is 1. The quantitative estimate of drug-likeness (QED) is 0.845. The molecule has 2 fully saturated rings. The first-order chi connectivity index (χ1) is 11.5. The maximum Gasteiger partial charge on any atom is 0.256 e. The summed E-state index contributed by atoms with van der Waals surface area (Å²) in [7, 11) is 0. The van der Waals surface area contributed by atoms with Crippen molar-refractivity contribution in [2.75, 3.05) is 26.2 Å². The van der Waals surface area contributed by atoms with Gasteiger partial charge in [0.05, 0.1) is 11.6 Å². The zero-order chi connectivity index (χ0) is 17.3. The Labute approximate surface area is 149 Å². The van der Waals surface area contributed by atoms with Gasteiger partial charge in [-0.2, -0.15) is 0 Å². The van der Waals surface area contributed by atoms with Crippen molar-refractivity contribution in [3.8, 4) is 0 Å². The van der Waals surface area contributed by atoms with Crippen molar-refractivity contribution < 1.29 is 14.0 Å². The number of carbonyl (C=O) groups excluding carboxylic acids is 2. The average molecular weight is 398 g/mol. The van der Waals surface area contributed by atoms with Gasteiger partial charge in [-0.05, 0) is 38.0 Å². The molecule has 130 valence electrons. The molecular formula is C17H21BrFN3O2. The lowest BCUT2D eigenvalue weighted by molar-refractivity contribution is -0.126. The zero-order valence-corrected chi connectivity index (χ0v) is 15.2. The Bertz CT molecular complexity index is 643. The fourth-order valence-electron chi connectivity index (χ4n) is 2.86. The Hall–Kier alpha value is -1.47. The first-order valence-electron chi connectivity index (χ1n) is 8.24. The van der Waals surface area contributed by atoms with Crippen LogP contribution in [0.3, 0.4) is 0 Å². The molecule has 5 nitrogen and oxygen atoms in total. The largest absolute Gasteiger partial charge is 0.352 e. The van der Waals surface area contributed by atoms with E-state index >= 15 is 0 Å². The highest BCUT2D eigenvalue weighted by Gasteiger charge is 2.31. The van der Waals surface area contributed by atoms with Crippen molar-refractivity contribution >= 4 is 27.7 Å². The molecule has 1 aliphatic carbocycles. The van der Waals surface area contributed by atoms with Crippen molar-refractivity contribution in [1.29, 1.82) is 0 Å². The molecule has 1 aliphatic heterocycles. The molecule has 0 radical (unpaired) electrons. The number of rotatable bonds is 4. The monoisotopic (exact) mass is 397 g/mol. The van der Waals surface area contributed by atoms with Crippen molar-refractivity contribution in [2.24, 2.45) is 0 Å². The van der Waals surface area contributed by atoms with E-state index in [-0.39, 0.29) is 23.4 Å². The number of hydrogen-bond acceptors (Lipinski definition) is 3. The van der Waals surface area contributed by atoms with Crippen molar-refractivity contribution in [2.45, 2.75) is 31.8 Å². The third kappa shape index (κ3) is 3.95. The molecule has 0 aromatic heterocycles. The van der Waals surface area contributed by atoms with Gasteiger partial charge in [0, 0.05) is 36.7 Å². The number of halogens is 2. The molecule has 1 saturated carbocycles. The van der Waals surface area contributed by atoms with Crippen LogP contribution in [0.1, 0.15) is 30.1 Å². The van der Waals surface area contributed by atoms with Crippen LogP contribution < -0.4 is 5.32 Å². The van der Waals surface area contributed by atoms with Gasteiger partial charge in [-0.25, -0.2) is 4.39 Å². The number of hydrogen-bond donors (Lipinski definition) is 1. The normalized spacial score (nSPS) is 19.9. The summed E-state index contributed by atoms with van der Waals surface area (Å²) in [6, 6.07) is 4.52. The van der Waals surface area contributed by atoms with Crippen LogP contribution in [0.2, 0.25) is 0 Å². The summed E-state index contributed by atoms with van der Waals surface area (Å²) in [6.07, 6.45) is 2.14. The molecule has 2 amide bonds. The third-order valence-corrected chi connectivity index (χ3v) is 5.10. The van der Waals surface area contributed by atoms with Crippen LogP contribution in [0, 0.1) is 5.82 Å². The summed E-state index contributed by atoms with van der Waals surface area (Å²) in [4.78, 5) is 28.3. The molecule has 1 aromatic carbocycles. The Morgan fingerprint density at radius 3 is 2.54 bits per heavy atom. The third-order valence-electron chi connectivity index (χ3n) is 4.61. The highest BCUT2D eigenvalue weighted by molar-refractivity contribution is 9.10. The highest BCUT2D eigenvalue weighted by Crippen LogP contribution is 2.20. The minimum Gasteiger partial charge on any atom is -0.352 e. The molecule has 24 heavy (non-hydrogen) atoms. The van der Waals surface area contributed by atoms with E-state index in [9.17, 15) is 14.0 Å².